The summed E-state index contributed by atoms with van der Waals surface area (Å²) in [6.45, 7) is 2.30. The normalized spacial score (nSPS) is 11.9. The van der Waals surface area contributed by atoms with E-state index in [-0.39, 0.29) is 24.4 Å². The minimum Gasteiger partial charge on any atom is -0.372 e. The van der Waals surface area contributed by atoms with Crippen molar-refractivity contribution in [2.24, 2.45) is 0 Å². The average molecular weight is 288 g/mol. The number of ether oxygens (including phenoxy) is 1. The Morgan fingerprint density at radius 1 is 1.19 bits per heavy atom. The van der Waals surface area contributed by atoms with Crippen LogP contribution in [0.25, 0.3) is 0 Å². The van der Waals surface area contributed by atoms with Gasteiger partial charge in [-0.1, -0.05) is 12.1 Å². The van der Waals surface area contributed by atoms with Gasteiger partial charge in [0.2, 0.25) is 5.91 Å². The Morgan fingerprint density at radius 2 is 1.81 bits per heavy atom. The molecule has 5 heteroatoms. The maximum absolute atomic E-state index is 13.1. The van der Waals surface area contributed by atoms with Crippen LogP contribution in [-0.2, 0) is 9.53 Å². The van der Waals surface area contributed by atoms with Crippen LogP contribution in [0.2, 0.25) is 0 Å². The van der Waals surface area contributed by atoms with Crippen LogP contribution in [0.4, 0.5) is 4.39 Å². The van der Waals surface area contributed by atoms with Crippen LogP contribution in [0.3, 0.4) is 0 Å². The van der Waals surface area contributed by atoms with E-state index in [1.165, 1.54) is 12.1 Å². The second-order valence-electron chi connectivity index (χ2n) is 4.47. The standard InChI is InChI=1S/C16H17FN2O2/c1-2-21-11-15(20)19-16(13-7-9-18-10-8-13)12-3-5-14(17)6-4-12/h3-10,16H,2,11H2,1H3,(H,19,20)/t16-/m0/s1. The number of halogens is 1. The van der Waals surface area contributed by atoms with Crippen LogP contribution >= 0.6 is 0 Å². The summed E-state index contributed by atoms with van der Waals surface area (Å²) in [5.41, 5.74) is 1.67. The van der Waals surface area contributed by atoms with Crippen molar-refractivity contribution in [2.45, 2.75) is 13.0 Å². The monoisotopic (exact) mass is 288 g/mol. The molecule has 1 aromatic carbocycles. The van der Waals surface area contributed by atoms with Gasteiger partial charge in [-0.25, -0.2) is 4.39 Å². The minimum atomic E-state index is -0.360. The lowest BCUT2D eigenvalue weighted by molar-refractivity contribution is -0.126. The Kier molecular flexibility index (Phi) is 5.40. The van der Waals surface area contributed by atoms with Crippen molar-refractivity contribution in [1.82, 2.24) is 10.3 Å². The van der Waals surface area contributed by atoms with Crippen molar-refractivity contribution in [3.8, 4) is 0 Å². The Morgan fingerprint density at radius 3 is 2.43 bits per heavy atom. The Balaban J connectivity index is 2.22. The molecule has 0 unspecified atom stereocenters. The van der Waals surface area contributed by atoms with Gasteiger partial charge in [-0.2, -0.15) is 0 Å². The first-order valence-electron chi connectivity index (χ1n) is 6.73. The molecule has 1 heterocycles. The summed E-state index contributed by atoms with van der Waals surface area (Å²) in [5.74, 6) is -0.532. The zero-order valence-corrected chi connectivity index (χ0v) is 11.8. The van der Waals surface area contributed by atoms with Gasteiger partial charge < -0.3 is 10.1 Å². The molecule has 4 nitrogen and oxygen atoms in total. The zero-order valence-electron chi connectivity index (χ0n) is 11.8. The number of hydrogen-bond donors (Lipinski definition) is 1. The quantitative estimate of drug-likeness (QED) is 0.888. The molecule has 0 saturated carbocycles. The van der Waals surface area contributed by atoms with Gasteiger partial charge in [0.15, 0.2) is 0 Å². The van der Waals surface area contributed by atoms with Crippen molar-refractivity contribution >= 4 is 5.91 Å². The van der Waals surface area contributed by atoms with Crippen molar-refractivity contribution in [3.63, 3.8) is 0 Å². The maximum Gasteiger partial charge on any atom is 0.246 e. The molecule has 0 bridgehead atoms. The smallest absolute Gasteiger partial charge is 0.246 e. The van der Waals surface area contributed by atoms with Gasteiger partial charge in [-0.15, -0.1) is 0 Å². The molecule has 0 aliphatic rings. The predicted molar refractivity (Wildman–Crippen MR) is 77.1 cm³/mol. The molecule has 21 heavy (non-hydrogen) atoms. The highest BCUT2D eigenvalue weighted by Crippen LogP contribution is 2.21. The first-order valence-corrected chi connectivity index (χ1v) is 6.73. The summed E-state index contributed by atoms with van der Waals surface area (Å²) in [4.78, 5) is 15.9. The summed E-state index contributed by atoms with van der Waals surface area (Å²) in [5, 5.41) is 2.89. The van der Waals surface area contributed by atoms with Gasteiger partial charge in [-0.05, 0) is 42.3 Å². The highest BCUT2D eigenvalue weighted by atomic mass is 19.1. The van der Waals surface area contributed by atoms with Gasteiger partial charge in [-0.3, -0.25) is 9.78 Å². The van der Waals surface area contributed by atoms with Gasteiger partial charge in [0.05, 0.1) is 6.04 Å². The highest BCUT2D eigenvalue weighted by Gasteiger charge is 2.16. The third-order valence-corrected chi connectivity index (χ3v) is 2.99. The number of pyridine rings is 1. The minimum absolute atomic E-state index is 0.000716. The Labute approximate surface area is 123 Å². The lowest BCUT2D eigenvalue weighted by Gasteiger charge is -2.19. The van der Waals surface area contributed by atoms with Crippen molar-refractivity contribution < 1.29 is 13.9 Å². The van der Waals surface area contributed by atoms with E-state index in [4.69, 9.17) is 4.74 Å². The Bertz CT molecular complexity index is 573. The van der Waals surface area contributed by atoms with E-state index in [1.807, 2.05) is 19.1 Å². The first kappa shape index (κ1) is 15.1. The highest BCUT2D eigenvalue weighted by molar-refractivity contribution is 5.78. The fraction of sp³-hybridized carbons (Fsp3) is 0.250. The number of hydrogen-bond acceptors (Lipinski definition) is 3. The first-order chi connectivity index (χ1) is 10.2. The zero-order chi connectivity index (χ0) is 15.1. The molecule has 1 aromatic heterocycles. The summed E-state index contributed by atoms with van der Waals surface area (Å²) in [6.07, 6.45) is 3.31. The van der Waals surface area contributed by atoms with Crippen molar-refractivity contribution in [3.05, 3.63) is 65.7 Å². The molecule has 1 atom stereocenters. The van der Waals surface area contributed by atoms with Crippen molar-refractivity contribution in [1.29, 1.82) is 0 Å². The topological polar surface area (TPSA) is 51.2 Å². The fourth-order valence-electron chi connectivity index (χ4n) is 1.97. The number of carbonyl (C=O) groups is 1. The predicted octanol–water partition coefficient (Wildman–Crippen LogP) is 2.46. The van der Waals surface area contributed by atoms with Gasteiger partial charge in [0.1, 0.15) is 12.4 Å². The number of amides is 1. The summed E-state index contributed by atoms with van der Waals surface area (Å²) >= 11 is 0. The molecule has 0 spiro atoms. The van der Waals surface area contributed by atoms with Crippen LogP contribution < -0.4 is 5.32 Å². The number of benzene rings is 1. The third kappa shape index (κ3) is 4.36. The number of rotatable bonds is 6. The summed E-state index contributed by atoms with van der Waals surface area (Å²) in [6, 6.07) is 9.32. The van der Waals surface area contributed by atoms with Crippen LogP contribution in [0, 0.1) is 5.82 Å². The summed E-state index contributed by atoms with van der Waals surface area (Å²) < 4.78 is 18.2. The number of nitrogens with zero attached hydrogens (tertiary/aromatic N) is 1. The number of carbonyl (C=O) groups excluding carboxylic acids is 1. The molecule has 2 aromatic rings. The van der Waals surface area contributed by atoms with E-state index >= 15 is 0 Å². The van der Waals surface area contributed by atoms with Gasteiger partial charge in [0.25, 0.3) is 0 Å². The summed E-state index contributed by atoms with van der Waals surface area (Å²) in [7, 11) is 0. The van der Waals surface area contributed by atoms with E-state index in [0.29, 0.717) is 6.61 Å². The molecule has 110 valence electrons. The fourth-order valence-corrected chi connectivity index (χ4v) is 1.97. The van der Waals surface area contributed by atoms with E-state index in [0.717, 1.165) is 11.1 Å². The Hall–Kier alpha value is -2.27. The molecule has 1 amide bonds. The average Bonchev–Trinajstić information content (AvgIpc) is 2.52. The van der Waals surface area contributed by atoms with Gasteiger partial charge >= 0.3 is 0 Å². The van der Waals surface area contributed by atoms with E-state index in [2.05, 4.69) is 10.3 Å². The van der Waals surface area contributed by atoms with E-state index in [9.17, 15) is 9.18 Å². The van der Waals surface area contributed by atoms with Crippen molar-refractivity contribution in [2.75, 3.05) is 13.2 Å². The lowest BCUT2D eigenvalue weighted by Crippen LogP contribution is -2.32. The van der Waals surface area contributed by atoms with Crippen LogP contribution in [0.5, 0.6) is 0 Å². The largest absolute Gasteiger partial charge is 0.372 e. The van der Waals surface area contributed by atoms with Crippen LogP contribution in [0.1, 0.15) is 24.1 Å². The SMILES string of the molecule is CCOCC(=O)N[C@H](c1ccncc1)c1ccc(F)cc1. The third-order valence-electron chi connectivity index (χ3n) is 2.99. The molecular formula is C16H17FN2O2. The van der Waals surface area contributed by atoms with Crippen LogP contribution in [0.15, 0.2) is 48.8 Å². The molecular weight excluding hydrogens is 271 g/mol. The molecule has 1 N–H and O–H groups in total. The molecule has 0 aliphatic carbocycles. The second-order valence-corrected chi connectivity index (χ2v) is 4.47. The van der Waals surface area contributed by atoms with E-state index < -0.39 is 0 Å². The second kappa shape index (κ2) is 7.50. The molecule has 2 rings (SSSR count). The molecule has 0 aliphatic heterocycles. The number of aromatic nitrogens is 1. The molecule has 0 radical (unpaired) electrons. The molecule has 0 saturated heterocycles. The van der Waals surface area contributed by atoms with Crippen LogP contribution in [-0.4, -0.2) is 24.1 Å². The van der Waals surface area contributed by atoms with Gasteiger partial charge in [0, 0.05) is 19.0 Å². The maximum atomic E-state index is 13.1. The lowest BCUT2D eigenvalue weighted by atomic mass is 9.99. The molecule has 0 fully saturated rings. The van der Waals surface area contributed by atoms with E-state index in [1.54, 1.807) is 24.5 Å². The number of nitrogens with one attached hydrogen (secondary N) is 1.